The lowest BCUT2D eigenvalue weighted by Crippen LogP contribution is -2.02. The Morgan fingerprint density at radius 2 is 0.809 bits per heavy atom. The Labute approximate surface area is 560 Å². The van der Waals surface area contributed by atoms with E-state index in [-0.39, 0.29) is 0 Å². The van der Waals surface area contributed by atoms with Gasteiger partial charge in [-0.15, -0.1) is 0 Å². The van der Waals surface area contributed by atoms with Crippen molar-refractivity contribution in [3.8, 4) is 0 Å². The van der Waals surface area contributed by atoms with Crippen molar-refractivity contribution in [2.75, 3.05) is 16.4 Å². The molecule has 2 aromatic carbocycles. The second-order valence-corrected chi connectivity index (χ2v) is 23.2. The summed E-state index contributed by atoms with van der Waals surface area (Å²) in [5.74, 6) is 2.17. The van der Waals surface area contributed by atoms with Gasteiger partial charge in [0, 0.05) is 178 Å². The first-order valence-corrected chi connectivity index (χ1v) is 32.0. The Balaban J connectivity index is 0.000000140. The molecular weight excluding hydrogens is 1290 g/mol. The molecule has 7 N–H and O–H groups in total. The third-order valence-electron chi connectivity index (χ3n) is 13.7. The molecule has 0 aliphatic carbocycles. The largest absolute Gasteiger partial charge is 0.768 e. The molecule has 2 unspecified atom stereocenters. The molecule has 0 fully saturated rings. The molecule has 0 saturated carbocycles. The fourth-order valence-corrected chi connectivity index (χ4v) is 10.2. The van der Waals surface area contributed by atoms with E-state index < -0.39 is 22.2 Å². The predicted octanol–water partition coefficient (Wildman–Crippen LogP) is 13.9. The monoisotopic (exact) mass is 1350 g/mol. The van der Waals surface area contributed by atoms with Crippen LogP contribution in [0.4, 0.5) is 17.5 Å². The van der Waals surface area contributed by atoms with E-state index in [9.17, 15) is 22.3 Å². The van der Waals surface area contributed by atoms with Crippen LogP contribution in [0.3, 0.4) is 0 Å². The highest BCUT2D eigenvalue weighted by atomic mass is 35.5. The van der Waals surface area contributed by atoms with Crippen LogP contribution in [-0.4, -0.2) is 83.6 Å². The number of nitrogen functional groups attached to an aromatic ring is 1. The lowest BCUT2D eigenvalue weighted by atomic mass is 10.1. The third-order valence-corrected chi connectivity index (χ3v) is 16.1. The van der Waals surface area contributed by atoms with Gasteiger partial charge < -0.3 is 40.4 Å². The molecule has 2 atom stereocenters. The lowest BCUT2D eigenvalue weighted by Gasteiger charge is -2.07. The first-order valence-electron chi connectivity index (χ1n) is 28.7. The van der Waals surface area contributed by atoms with Crippen LogP contribution in [0.25, 0.3) is 33.1 Å². The van der Waals surface area contributed by atoms with Crippen LogP contribution < -0.4 is 16.4 Å². The number of aromatic nitrogens is 12. The highest BCUT2D eigenvalue weighted by Gasteiger charge is 2.10. The summed E-state index contributed by atoms with van der Waals surface area (Å²) in [4.78, 5) is 58.2. The zero-order valence-corrected chi connectivity index (χ0v) is 53.7. The number of nitrogens with one attached hydrogen (secondary N) is 5. The van der Waals surface area contributed by atoms with E-state index in [1.807, 2.05) is 79.6 Å². The Bertz CT molecular complexity index is 4490. The molecule has 0 saturated heterocycles. The molecule has 474 valence electrons. The summed E-state index contributed by atoms with van der Waals surface area (Å²) >= 11 is 13.6. The van der Waals surface area contributed by atoms with Crippen molar-refractivity contribution >= 4 is 114 Å². The molecule has 0 aliphatic rings. The van der Waals surface area contributed by atoms with E-state index >= 15 is 0 Å². The van der Waals surface area contributed by atoms with Crippen molar-refractivity contribution in [3.63, 3.8) is 0 Å². The number of carbonyl (C=O) groups excluding carboxylic acids is 1. The maximum absolute atomic E-state index is 10.2. The highest BCUT2D eigenvalue weighted by molar-refractivity contribution is 7.79. The van der Waals surface area contributed by atoms with Crippen molar-refractivity contribution in [1.82, 2.24) is 59.8 Å². The molecule has 94 heavy (non-hydrogen) atoms. The number of aldehydes is 1. The van der Waals surface area contributed by atoms with E-state index in [2.05, 4.69) is 101 Å². The average molecular weight is 1350 g/mol. The quantitative estimate of drug-likeness (QED) is 0.0410. The fraction of sp³-hybridized carbons (Fsp3) is 0.0725. The van der Waals surface area contributed by atoms with Crippen molar-refractivity contribution in [1.29, 1.82) is 0 Å². The molecule has 12 aromatic heterocycles. The molecule has 0 radical (unpaired) electrons. The summed E-state index contributed by atoms with van der Waals surface area (Å²) in [6.07, 6.45) is 30.0. The van der Waals surface area contributed by atoms with Gasteiger partial charge in [-0.3, -0.25) is 28.2 Å². The van der Waals surface area contributed by atoms with Crippen molar-refractivity contribution in [2.45, 2.75) is 42.1 Å². The first kappa shape index (κ1) is 67.9. The molecule has 12 heterocycles. The zero-order chi connectivity index (χ0) is 65.9. The fourth-order valence-electron chi connectivity index (χ4n) is 8.94. The number of pyridine rings is 9. The second-order valence-electron chi connectivity index (χ2n) is 20.1. The number of nitrogens with two attached hydrogens (primary N) is 1. The van der Waals surface area contributed by atoms with Gasteiger partial charge in [0.15, 0.2) is 6.29 Å². The van der Waals surface area contributed by atoms with Gasteiger partial charge in [-0.1, -0.05) is 89.4 Å². The SMILES string of the molecule is Clc1ccncc1CNc1ccc(Cc2c[nH]c3ncccc23)cn1.Clc1ccncc1CNc1ccc(Cc2c[nH]c3ncccc23)cn1.Nc1ccc(Cc2c[nH]c3ncccc23)cn1.O=Cc1ccncc1Cl.O=S([O-])c1ccccc1.O=S([O-])c1ccccc1. The maximum Gasteiger partial charge on any atom is 0.151 e. The number of hydrogen-bond donors (Lipinski definition) is 6. The zero-order valence-electron chi connectivity index (χ0n) is 49.8. The third kappa shape index (κ3) is 20.5. The summed E-state index contributed by atoms with van der Waals surface area (Å²) in [7, 11) is 0. The van der Waals surface area contributed by atoms with E-state index in [0.717, 1.165) is 91.8 Å². The van der Waals surface area contributed by atoms with Gasteiger partial charge in [-0.2, -0.15) is 0 Å². The molecule has 20 nitrogen and oxygen atoms in total. The number of carbonyl (C=O) groups is 1. The topological polar surface area (TPSA) is 311 Å². The first-order chi connectivity index (χ1) is 45.9. The van der Waals surface area contributed by atoms with Crippen LogP contribution in [0.15, 0.2) is 254 Å². The van der Waals surface area contributed by atoms with Gasteiger partial charge in [-0.05, 0) is 153 Å². The van der Waals surface area contributed by atoms with Crippen LogP contribution in [0, 0.1) is 0 Å². The van der Waals surface area contributed by atoms with Crippen molar-refractivity contribution in [3.05, 3.63) is 310 Å². The number of rotatable bonds is 15. The van der Waals surface area contributed by atoms with Gasteiger partial charge in [0.25, 0.3) is 0 Å². The summed E-state index contributed by atoms with van der Waals surface area (Å²) in [5, 5.41) is 11.8. The molecule has 14 aromatic rings. The van der Waals surface area contributed by atoms with Crippen LogP contribution >= 0.6 is 34.8 Å². The highest BCUT2D eigenvalue weighted by Crippen LogP contribution is 2.24. The average Bonchev–Trinajstić information content (AvgIpc) is 1.85. The minimum atomic E-state index is -2.08. The lowest BCUT2D eigenvalue weighted by molar-refractivity contribution is 0.112. The molecule has 0 amide bonds. The number of benzene rings is 2. The summed E-state index contributed by atoms with van der Waals surface area (Å²) in [6, 6.07) is 45.6. The normalized spacial score (nSPS) is 11.1. The summed E-state index contributed by atoms with van der Waals surface area (Å²) < 4.78 is 40.8. The number of fused-ring (bicyclic) bond motifs is 3. The van der Waals surface area contributed by atoms with Crippen LogP contribution in [0.5, 0.6) is 0 Å². The number of nitrogens with zero attached hydrogens (tertiary/aromatic N) is 9. The van der Waals surface area contributed by atoms with Gasteiger partial charge in [0.2, 0.25) is 0 Å². The Hall–Kier alpha value is -10.4. The van der Waals surface area contributed by atoms with Gasteiger partial charge in [-0.25, -0.2) is 29.9 Å². The molecule has 0 aliphatic heterocycles. The van der Waals surface area contributed by atoms with Gasteiger partial charge in [0.05, 0.1) is 5.02 Å². The Kier molecular flexibility index (Phi) is 25.6. The van der Waals surface area contributed by atoms with E-state index in [1.165, 1.54) is 29.1 Å². The molecule has 14 rings (SSSR count). The van der Waals surface area contributed by atoms with Crippen molar-refractivity contribution < 1.29 is 22.3 Å². The van der Waals surface area contributed by atoms with Crippen LogP contribution in [0.1, 0.15) is 54.9 Å². The van der Waals surface area contributed by atoms with Gasteiger partial charge >= 0.3 is 0 Å². The summed E-state index contributed by atoms with van der Waals surface area (Å²) in [5.41, 5.74) is 17.8. The molecular formula is C69H58Cl3N15O5S2-2. The Morgan fingerprint density at radius 3 is 1.14 bits per heavy atom. The molecule has 0 spiro atoms. The molecule has 0 bridgehead atoms. The van der Waals surface area contributed by atoms with E-state index in [1.54, 1.807) is 122 Å². The minimum absolute atomic E-state index is 0.331. The minimum Gasteiger partial charge on any atom is -0.768 e. The van der Waals surface area contributed by atoms with Crippen LogP contribution in [0.2, 0.25) is 15.1 Å². The number of anilines is 3. The standard InChI is InChI=1S/2C19H16ClN5.C13H12N4.C6H4ClNO.2C6H6O2S/c2*20-17-5-7-21-10-15(17)12-24-18-4-3-13(9-23-18)8-14-11-25-19-16(14)2-1-6-22-19;14-12-4-3-9(7-16-12)6-10-8-17-13-11(10)2-1-5-15-13;7-6-3-8-2-1-5(6)4-9;2*7-9(8)6-4-2-1-3-5-6/h2*1-7,9-11H,8,12H2,(H,22,25)(H,23,24);1-5,7-8H,6H2,(H2,14,16)(H,15,17);1-4H;2*1-5H,(H,7,8)/p-2. The number of hydrogen-bond acceptors (Lipinski definition) is 17. The summed E-state index contributed by atoms with van der Waals surface area (Å²) in [6.45, 7) is 1.18. The van der Waals surface area contributed by atoms with E-state index in [4.69, 9.17) is 40.5 Å². The number of H-pyrrole nitrogens is 3. The maximum atomic E-state index is 10.2. The van der Waals surface area contributed by atoms with Gasteiger partial charge in [0.1, 0.15) is 34.4 Å². The number of halogens is 3. The second kappa shape index (κ2) is 35.4. The predicted molar refractivity (Wildman–Crippen MR) is 369 cm³/mol. The van der Waals surface area contributed by atoms with Crippen LogP contribution in [-0.2, 0) is 54.5 Å². The van der Waals surface area contributed by atoms with E-state index in [0.29, 0.717) is 55.6 Å². The smallest absolute Gasteiger partial charge is 0.151 e. The van der Waals surface area contributed by atoms with Crippen molar-refractivity contribution in [2.24, 2.45) is 0 Å². The Morgan fingerprint density at radius 1 is 0.415 bits per heavy atom. The number of aromatic amines is 3. The molecule has 25 heteroatoms.